The van der Waals surface area contributed by atoms with E-state index in [0.717, 1.165) is 23.3 Å². The smallest absolute Gasteiger partial charge is 0.225 e. The molecular weight excluding hydrogens is 362 g/mol. The molecule has 2 atom stereocenters. The first-order valence-corrected chi connectivity index (χ1v) is 9.06. The maximum Gasteiger partial charge on any atom is 0.225 e. The van der Waals surface area contributed by atoms with Gasteiger partial charge in [-0.1, -0.05) is 30.3 Å². The van der Waals surface area contributed by atoms with Gasteiger partial charge in [-0.2, -0.15) is 0 Å². The van der Waals surface area contributed by atoms with E-state index in [1.807, 2.05) is 30.3 Å². The summed E-state index contributed by atoms with van der Waals surface area (Å²) in [5, 5.41) is 0. The second kappa shape index (κ2) is 7.92. The summed E-state index contributed by atoms with van der Waals surface area (Å²) < 4.78 is 26.7. The van der Waals surface area contributed by atoms with Crippen LogP contribution in [-0.2, 0) is 9.59 Å². The number of rotatable bonds is 4. The first-order chi connectivity index (χ1) is 13.3. The monoisotopic (exact) mass is 384 g/mol. The Labute approximate surface area is 163 Å². The lowest BCUT2D eigenvalue weighted by Crippen LogP contribution is -2.37. The third kappa shape index (κ3) is 3.81. The second-order valence-electron chi connectivity index (χ2n) is 6.95. The Bertz CT molecular complexity index is 942. The summed E-state index contributed by atoms with van der Waals surface area (Å²) in [6.07, 6.45) is 3.64. The quantitative estimate of drug-likeness (QED) is 0.782. The summed E-state index contributed by atoms with van der Waals surface area (Å²) in [6, 6.07) is 10.4. The fourth-order valence-electron chi connectivity index (χ4n) is 3.43. The minimum Gasteiger partial charge on any atom is -0.339 e. The second-order valence-corrected chi connectivity index (χ2v) is 6.95. The minimum atomic E-state index is -0.945. The van der Waals surface area contributed by atoms with Crippen LogP contribution in [0.1, 0.15) is 49.0 Å². The zero-order valence-electron chi connectivity index (χ0n) is 16.0. The molecule has 0 radical (unpaired) electrons. The summed E-state index contributed by atoms with van der Waals surface area (Å²) in [5.74, 6) is -2.22. The van der Waals surface area contributed by atoms with Crippen molar-refractivity contribution in [1.82, 2.24) is 9.80 Å². The summed E-state index contributed by atoms with van der Waals surface area (Å²) in [4.78, 5) is 28.1. The van der Waals surface area contributed by atoms with Gasteiger partial charge >= 0.3 is 0 Å². The molecule has 0 bridgehead atoms. The van der Waals surface area contributed by atoms with Gasteiger partial charge in [0.2, 0.25) is 11.8 Å². The number of hydrogen-bond acceptors (Lipinski definition) is 2. The fraction of sp³-hybridized carbons (Fsp3) is 0.273. The maximum absolute atomic E-state index is 13.6. The molecule has 0 fully saturated rings. The van der Waals surface area contributed by atoms with E-state index in [1.165, 1.54) is 17.9 Å². The van der Waals surface area contributed by atoms with Crippen LogP contribution in [0.25, 0.3) is 6.08 Å². The van der Waals surface area contributed by atoms with E-state index in [4.69, 9.17) is 0 Å². The van der Waals surface area contributed by atoms with Gasteiger partial charge in [0.15, 0.2) is 11.6 Å². The highest BCUT2D eigenvalue weighted by atomic mass is 19.2. The molecule has 3 rings (SSSR count). The van der Waals surface area contributed by atoms with E-state index in [9.17, 15) is 18.4 Å². The molecule has 0 N–H and O–H groups in total. The number of carbonyl (C=O) groups is 2. The number of nitrogens with zero attached hydrogens (tertiary/aromatic N) is 2. The van der Waals surface area contributed by atoms with Crippen LogP contribution < -0.4 is 0 Å². The zero-order chi connectivity index (χ0) is 20.4. The lowest BCUT2D eigenvalue weighted by molar-refractivity contribution is -0.135. The third-order valence-corrected chi connectivity index (χ3v) is 5.24. The molecule has 0 saturated heterocycles. The van der Waals surface area contributed by atoms with Gasteiger partial charge in [0, 0.05) is 20.2 Å². The van der Waals surface area contributed by atoms with Gasteiger partial charge in [0.25, 0.3) is 0 Å². The van der Waals surface area contributed by atoms with Gasteiger partial charge in [0.05, 0.1) is 18.5 Å². The Morgan fingerprint density at radius 2 is 1.86 bits per heavy atom. The van der Waals surface area contributed by atoms with Crippen LogP contribution in [0.2, 0.25) is 0 Å². The maximum atomic E-state index is 13.6. The van der Waals surface area contributed by atoms with Crippen LogP contribution in [0.3, 0.4) is 0 Å². The number of hydrogen-bond donors (Lipinski definition) is 0. The number of benzene rings is 2. The van der Waals surface area contributed by atoms with E-state index in [0.29, 0.717) is 5.56 Å². The lowest BCUT2D eigenvalue weighted by atomic mass is 9.93. The molecule has 2 amide bonds. The standard InChI is InChI=1S/C22H22F2N2O2/c1-14(17-8-9-19(23)20(24)12-17)25(3)22(28)13-21-18-7-5-4-6-16(18)10-11-26(21)15(2)27/h4-12,14,21H,13H2,1-3H3. The third-order valence-electron chi connectivity index (χ3n) is 5.24. The summed E-state index contributed by atoms with van der Waals surface area (Å²) in [6.45, 7) is 3.21. The first-order valence-electron chi connectivity index (χ1n) is 9.06. The number of carbonyl (C=O) groups excluding carboxylic acids is 2. The van der Waals surface area contributed by atoms with Crippen LogP contribution in [0.5, 0.6) is 0 Å². The highest BCUT2D eigenvalue weighted by Crippen LogP contribution is 2.34. The Balaban J connectivity index is 1.82. The van der Waals surface area contributed by atoms with E-state index >= 15 is 0 Å². The summed E-state index contributed by atoms with van der Waals surface area (Å²) in [5.41, 5.74) is 2.37. The molecule has 0 spiro atoms. The molecular formula is C22H22F2N2O2. The van der Waals surface area contributed by atoms with Crippen molar-refractivity contribution in [1.29, 1.82) is 0 Å². The van der Waals surface area contributed by atoms with E-state index in [1.54, 1.807) is 25.1 Å². The van der Waals surface area contributed by atoms with Gasteiger partial charge in [-0.15, -0.1) is 0 Å². The van der Waals surface area contributed by atoms with E-state index < -0.39 is 23.7 Å². The molecule has 1 aliphatic heterocycles. The molecule has 6 heteroatoms. The van der Waals surface area contributed by atoms with Crippen molar-refractivity contribution in [2.75, 3.05) is 7.05 Å². The number of fused-ring (bicyclic) bond motifs is 1. The molecule has 0 aromatic heterocycles. The highest BCUT2D eigenvalue weighted by molar-refractivity contribution is 5.82. The SMILES string of the molecule is CC(=O)N1C=Cc2ccccc2C1CC(=O)N(C)C(C)c1ccc(F)c(F)c1. The van der Waals surface area contributed by atoms with Crippen molar-refractivity contribution in [3.8, 4) is 0 Å². The summed E-state index contributed by atoms with van der Waals surface area (Å²) >= 11 is 0. The molecule has 1 aliphatic rings. The predicted octanol–water partition coefficient (Wildman–Crippen LogP) is 4.45. The van der Waals surface area contributed by atoms with Crippen LogP contribution in [0.15, 0.2) is 48.7 Å². The molecule has 2 aromatic rings. The molecule has 0 saturated carbocycles. The number of halogens is 2. The average molecular weight is 384 g/mol. The van der Waals surface area contributed by atoms with Gasteiger partial charge < -0.3 is 9.80 Å². The van der Waals surface area contributed by atoms with E-state index in [-0.39, 0.29) is 18.2 Å². The molecule has 0 aliphatic carbocycles. The van der Waals surface area contributed by atoms with Crippen LogP contribution >= 0.6 is 0 Å². The predicted molar refractivity (Wildman–Crippen MR) is 103 cm³/mol. The van der Waals surface area contributed by atoms with Crippen molar-refractivity contribution >= 4 is 17.9 Å². The highest BCUT2D eigenvalue weighted by Gasteiger charge is 2.30. The summed E-state index contributed by atoms with van der Waals surface area (Å²) in [7, 11) is 1.62. The van der Waals surface area contributed by atoms with Crippen molar-refractivity contribution in [2.24, 2.45) is 0 Å². The first kappa shape index (κ1) is 19.7. The van der Waals surface area contributed by atoms with Crippen molar-refractivity contribution in [3.63, 3.8) is 0 Å². The minimum absolute atomic E-state index is 0.0887. The van der Waals surface area contributed by atoms with E-state index in [2.05, 4.69) is 0 Å². The lowest BCUT2D eigenvalue weighted by Gasteiger charge is -2.34. The van der Waals surface area contributed by atoms with Crippen molar-refractivity contribution in [2.45, 2.75) is 32.4 Å². The van der Waals surface area contributed by atoms with Crippen LogP contribution in [0, 0.1) is 11.6 Å². The topological polar surface area (TPSA) is 40.6 Å². The van der Waals surface area contributed by atoms with Gasteiger partial charge in [0.1, 0.15) is 0 Å². The Kier molecular flexibility index (Phi) is 5.58. The van der Waals surface area contributed by atoms with Gasteiger partial charge in [-0.3, -0.25) is 9.59 Å². The van der Waals surface area contributed by atoms with Gasteiger partial charge in [-0.25, -0.2) is 8.78 Å². The van der Waals surface area contributed by atoms with Crippen LogP contribution in [0.4, 0.5) is 8.78 Å². The Morgan fingerprint density at radius 1 is 1.14 bits per heavy atom. The zero-order valence-corrected chi connectivity index (χ0v) is 16.0. The molecule has 146 valence electrons. The van der Waals surface area contributed by atoms with Crippen LogP contribution in [-0.4, -0.2) is 28.7 Å². The van der Waals surface area contributed by atoms with Crippen molar-refractivity contribution < 1.29 is 18.4 Å². The van der Waals surface area contributed by atoms with Crippen molar-refractivity contribution in [3.05, 3.63) is 77.0 Å². The Morgan fingerprint density at radius 3 is 2.54 bits per heavy atom. The normalized spacial score (nSPS) is 16.5. The van der Waals surface area contributed by atoms with Gasteiger partial charge in [-0.05, 0) is 41.8 Å². The largest absolute Gasteiger partial charge is 0.339 e. The Hall–Kier alpha value is -3.02. The fourth-order valence-corrected chi connectivity index (χ4v) is 3.43. The molecule has 2 unspecified atom stereocenters. The average Bonchev–Trinajstić information content (AvgIpc) is 2.68. The molecule has 1 heterocycles. The molecule has 2 aromatic carbocycles. The molecule has 28 heavy (non-hydrogen) atoms. The number of amides is 2. The molecule has 4 nitrogen and oxygen atoms in total.